The molecule has 0 saturated heterocycles. The van der Waals surface area contributed by atoms with Crippen molar-refractivity contribution >= 4 is 11.7 Å². The van der Waals surface area contributed by atoms with Crippen molar-refractivity contribution in [2.24, 2.45) is 11.8 Å². The smallest absolute Gasteiger partial charge is 0.338 e. The van der Waals surface area contributed by atoms with Crippen LogP contribution in [0, 0.1) is 11.8 Å². The second kappa shape index (κ2) is 10.9. The second-order valence-corrected chi connectivity index (χ2v) is 5.67. The molecule has 1 rings (SSSR count). The Morgan fingerprint density at radius 3 is 1.91 bits per heavy atom. The van der Waals surface area contributed by atoms with Gasteiger partial charge in [-0.15, -0.1) is 0 Å². The fourth-order valence-electron chi connectivity index (χ4n) is 1.57. The van der Waals surface area contributed by atoms with Gasteiger partial charge in [-0.1, -0.05) is 66.3 Å². The monoisotopic (exact) mass is 306 g/mol. The fourth-order valence-corrected chi connectivity index (χ4v) is 1.57. The Kier molecular flexibility index (Phi) is 10.0. The van der Waals surface area contributed by atoms with Crippen molar-refractivity contribution in [3.05, 3.63) is 42.0 Å². The number of carbonyl (C=O) groups excluding carboxylic acids is 1. The molecule has 0 fully saturated rings. The van der Waals surface area contributed by atoms with E-state index in [0.29, 0.717) is 41.9 Å². The van der Waals surface area contributed by atoms with Gasteiger partial charge in [-0.25, -0.2) is 4.79 Å². The molecule has 0 radical (unpaired) electrons. The summed E-state index contributed by atoms with van der Waals surface area (Å²) in [7, 11) is 0. The maximum atomic E-state index is 12.1. The molecule has 0 aliphatic rings. The highest BCUT2D eigenvalue weighted by Crippen LogP contribution is 2.20. The third kappa shape index (κ3) is 7.30. The molecule has 3 heteroatoms. The number of carbonyl (C=O) groups is 1. The van der Waals surface area contributed by atoms with Crippen molar-refractivity contribution in [1.29, 1.82) is 0 Å². The fraction of sp³-hybridized carbons (Fsp3) is 0.526. The Morgan fingerprint density at radius 1 is 0.955 bits per heavy atom. The zero-order chi connectivity index (χ0) is 17.1. The van der Waals surface area contributed by atoms with Crippen molar-refractivity contribution in [3.8, 4) is 0 Å². The van der Waals surface area contributed by atoms with Crippen LogP contribution in [0.5, 0.6) is 0 Å². The number of benzene rings is 1. The first-order valence-electron chi connectivity index (χ1n) is 8.00. The topological polar surface area (TPSA) is 35.5 Å². The van der Waals surface area contributed by atoms with Crippen molar-refractivity contribution in [1.82, 2.24) is 0 Å². The third-order valence-corrected chi connectivity index (χ3v) is 2.59. The average Bonchev–Trinajstić information content (AvgIpc) is 2.52. The Hall–Kier alpha value is -1.77. The summed E-state index contributed by atoms with van der Waals surface area (Å²) in [6.07, 6.45) is 0. The minimum Gasteiger partial charge on any atom is -0.493 e. The molecule has 0 saturated carbocycles. The van der Waals surface area contributed by atoms with E-state index < -0.39 is 0 Å². The first kappa shape index (κ1) is 20.2. The molecule has 124 valence electrons. The summed E-state index contributed by atoms with van der Waals surface area (Å²) in [6, 6.07) is 7.24. The Labute approximate surface area is 135 Å². The van der Waals surface area contributed by atoms with E-state index in [1.54, 1.807) is 6.07 Å². The molecule has 3 nitrogen and oxygen atoms in total. The quantitative estimate of drug-likeness (QED) is 0.515. The predicted octanol–water partition coefficient (Wildman–Crippen LogP) is 5.17. The number of ether oxygens (including phenoxy) is 2. The SMILES string of the molecule is C=C(OCC(C)C)c1ccccc1C(=O)OCC(C)C.CC. The highest BCUT2D eigenvalue weighted by atomic mass is 16.5. The van der Waals surface area contributed by atoms with E-state index in [1.165, 1.54) is 0 Å². The van der Waals surface area contributed by atoms with Gasteiger partial charge in [0.05, 0.1) is 18.8 Å². The Morgan fingerprint density at radius 2 is 1.41 bits per heavy atom. The van der Waals surface area contributed by atoms with Gasteiger partial charge < -0.3 is 9.47 Å². The van der Waals surface area contributed by atoms with E-state index in [2.05, 4.69) is 20.4 Å². The van der Waals surface area contributed by atoms with Crippen LogP contribution in [0.3, 0.4) is 0 Å². The predicted molar refractivity (Wildman–Crippen MR) is 92.7 cm³/mol. The molecule has 0 unspecified atom stereocenters. The first-order chi connectivity index (χ1) is 10.4. The van der Waals surface area contributed by atoms with Gasteiger partial charge in [0.1, 0.15) is 5.76 Å². The molecule has 0 atom stereocenters. The summed E-state index contributed by atoms with van der Waals surface area (Å²) < 4.78 is 10.9. The molecule has 1 aromatic carbocycles. The van der Waals surface area contributed by atoms with E-state index >= 15 is 0 Å². The van der Waals surface area contributed by atoms with Gasteiger partial charge >= 0.3 is 5.97 Å². The molecule has 0 bridgehead atoms. The van der Waals surface area contributed by atoms with Crippen LogP contribution < -0.4 is 0 Å². The molecular weight excluding hydrogens is 276 g/mol. The maximum absolute atomic E-state index is 12.1. The summed E-state index contributed by atoms with van der Waals surface area (Å²) in [5.74, 6) is 0.901. The van der Waals surface area contributed by atoms with Gasteiger partial charge in [-0.2, -0.15) is 0 Å². The van der Waals surface area contributed by atoms with Gasteiger partial charge in [-0.3, -0.25) is 0 Å². The lowest BCUT2D eigenvalue weighted by Crippen LogP contribution is -2.12. The van der Waals surface area contributed by atoms with Crippen molar-refractivity contribution in [2.75, 3.05) is 13.2 Å². The molecule has 22 heavy (non-hydrogen) atoms. The van der Waals surface area contributed by atoms with Gasteiger partial charge in [0.15, 0.2) is 0 Å². The van der Waals surface area contributed by atoms with Gasteiger partial charge in [0, 0.05) is 5.56 Å². The van der Waals surface area contributed by atoms with E-state index in [0.717, 1.165) is 0 Å². The van der Waals surface area contributed by atoms with Crippen LogP contribution in [0.25, 0.3) is 5.76 Å². The third-order valence-electron chi connectivity index (χ3n) is 2.59. The van der Waals surface area contributed by atoms with Gasteiger partial charge in [0.25, 0.3) is 0 Å². The molecule has 0 N–H and O–H groups in total. The van der Waals surface area contributed by atoms with Gasteiger partial charge in [0.2, 0.25) is 0 Å². The van der Waals surface area contributed by atoms with Crippen LogP contribution in [-0.2, 0) is 9.47 Å². The van der Waals surface area contributed by atoms with Crippen molar-refractivity contribution in [3.63, 3.8) is 0 Å². The first-order valence-corrected chi connectivity index (χ1v) is 8.00. The van der Waals surface area contributed by atoms with Crippen LogP contribution in [0.4, 0.5) is 0 Å². The lowest BCUT2D eigenvalue weighted by Gasteiger charge is -2.14. The minimum absolute atomic E-state index is 0.312. The molecule has 1 aromatic rings. The zero-order valence-electron chi connectivity index (χ0n) is 14.8. The highest BCUT2D eigenvalue weighted by Gasteiger charge is 2.15. The van der Waals surface area contributed by atoms with E-state index in [9.17, 15) is 4.79 Å². The summed E-state index contributed by atoms with van der Waals surface area (Å²) in [4.78, 5) is 12.1. The average molecular weight is 306 g/mol. The highest BCUT2D eigenvalue weighted by molar-refractivity contribution is 5.94. The number of rotatable bonds is 7. The molecular formula is C19H30O3. The summed E-state index contributed by atoms with van der Waals surface area (Å²) >= 11 is 0. The second-order valence-electron chi connectivity index (χ2n) is 5.67. The summed E-state index contributed by atoms with van der Waals surface area (Å²) in [5.41, 5.74) is 1.20. The van der Waals surface area contributed by atoms with E-state index in [4.69, 9.17) is 9.47 Å². The molecule has 0 amide bonds. The van der Waals surface area contributed by atoms with Crippen LogP contribution >= 0.6 is 0 Å². The van der Waals surface area contributed by atoms with E-state index in [1.807, 2.05) is 45.9 Å². The number of hydrogen-bond donors (Lipinski definition) is 0. The molecule has 0 heterocycles. The van der Waals surface area contributed by atoms with E-state index in [-0.39, 0.29) is 5.97 Å². The Bertz CT molecular complexity index is 419. The number of hydrogen-bond acceptors (Lipinski definition) is 3. The lowest BCUT2D eigenvalue weighted by molar-refractivity contribution is 0.0458. The zero-order valence-corrected chi connectivity index (χ0v) is 14.8. The Balaban J connectivity index is 0.00000211. The standard InChI is InChI=1S/C17H24O3.C2H6/c1-12(2)10-19-14(5)15-8-6-7-9-16(15)17(18)20-11-13(3)4;1-2/h6-9,12-13H,5,10-11H2,1-4H3;1-2H3. The number of esters is 1. The summed E-state index contributed by atoms with van der Waals surface area (Å²) in [5, 5.41) is 0. The van der Waals surface area contributed by atoms with Crippen LogP contribution in [0.15, 0.2) is 30.8 Å². The molecule has 0 aromatic heterocycles. The molecule has 0 spiro atoms. The van der Waals surface area contributed by atoms with Crippen LogP contribution in [-0.4, -0.2) is 19.2 Å². The van der Waals surface area contributed by atoms with Crippen molar-refractivity contribution in [2.45, 2.75) is 41.5 Å². The van der Waals surface area contributed by atoms with Crippen molar-refractivity contribution < 1.29 is 14.3 Å². The maximum Gasteiger partial charge on any atom is 0.338 e. The molecule has 0 aliphatic carbocycles. The largest absolute Gasteiger partial charge is 0.493 e. The van der Waals surface area contributed by atoms with Crippen LogP contribution in [0.2, 0.25) is 0 Å². The van der Waals surface area contributed by atoms with Gasteiger partial charge in [-0.05, 0) is 17.9 Å². The minimum atomic E-state index is -0.330. The van der Waals surface area contributed by atoms with Crippen LogP contribution in [0.1, 0.15) is 57.5 Å². The lowest BCUT2D eigenvalue weighted by atomic mass is 10.1. The summed E-state index contributed by atoms with van der Waals surface area (Å²) in [6.45, 7) is 17.0. The normalized spacial score (nSPS) is 10.0. The molecule has 0 aliphatic heterocycles.